The molecule has 1 aliphatic carbocycles. The van der Waals surface area contributed by atoms with Gasteiger partial charge in [-0.15, -0.1) is 0 Å². The second kappa shape index (κ2) is 6.04. The molecule has 0 heterocycles. The predicted molar refractivity (Wildman–Crippen MR) is 79.5 cm³/mol. The van der Waals surface area contributed by atoms with Gasteiger partial charge in [-0.05, 0) is 36.5 Å². The van der Waals surface area contributed by atoms with Crippen LogP contribution in [0.25, 0.3) is 0 Å². The van der Waals surface area contributed by atoms with Crippen molar-refractivity contribution in [3.05, 3.63) is 24.3 Å². The van der Waals surface area contributed by atoms with E-state index in [4.69, 9.17) is 5.14 Å². The number of nitrogens with one attached hydrogen (secondary N) is 1. The molecule has 0 spiro atoms. The minimum atomic E-state index is -3.92. The van der Waals surface area contributed by atoms with Crippen molar-refractivity contribution in [3.8, 4) is 0 Å². The Bertz CT molecular complexity index is 713. The van der Waals surface area contributed by atoms with Crippen LogP contribution in [0.4, 0.5) is 0 Å². The lowest BCUT2D eigenvalue weighted by atomic mass is 9.99. The zero-order chi connectivity index (χ0) is 15.7. The highest BCUT2D eigenvalue weighted by Crippen LogP contribution is 2.30. The molecule has 3 N–H and O–H groups in total. The number of primary sulfonamides is 1. The van der Waals surface area contributed by atoms with Gasteiger partial charge in [0, 0.05) is 6.54 Å². The molecule has 8 heteroatoms. The van der Waals surface area contributed by atoms with Gasteiger partial charge in [0.1, 0.15) is 0 Å². The molecule has 2 atom stereocenters. The fourth-order valence-corrected chi connectivity index (χ4v) is 4.42. The van der Waals surface area contributed by atoms with Crippen LogP contribution in [0, 0.1) is 11.8 Å². The maximum absolute atomic E-state index is 12.2. The van der Waals surface area contributed by atoms with Crippen LogP contribution in [-0.4, -0.2) is 23.4 Å². The van der Waals surface area contributed by atoms with Gasteiger partial charge in [0.15, 0.2) is 0 Å². The molecule has 1 aliphatic rings. The first-order chi connectivity index (χ1) is 9.70. The second-order valence-electron chi connectivity index (χ2n) is 5.54. The van der Waals surface area contributed by atoms with Crippen LogP contribution < -0.4 is 9.86 Å². The Kier molecular flexibility index (Phi) is 4.72. The molecule has 1 saturated carbocycles. The fourth-order valence-electron chi connectivity index (χ4n) is 2.64. The molecule has 118 valence electrons. The van der Waals surface area contributed by atoms with Gasteiger partial charge in [-0.1, -0.05) is 25.8 Å². The van der Waals surface area contributed by atoms with Crippen molar-refractivity contribution in [2.75, 3.05) is 6.54 Å². The average Bonchev–Trinajstić information content (AvgIpc) is 2.81. The molecular formula is C13H20N2O4S2. The quantitative estimate of drug-likeness (QED) is 0.840. The highest BCUT2D eigenvalue weighted by Gasteiger charge is 2.25. The predicted octanol–water partition coefficient (Wildman–Crippen LogP) is 1.05. The van der Waals surface area contributed by atoms with Gasteiger partial charge >= 0.3 is 0 Å². The van der Waals surface area contributed by atoms with Crippen LogP contribution in [0.15, 0.2) is 34.1 Å². The summed E-state index contributed by atoms with van der Waals surface area (Å²) in [7, 11) is -7.64. The van der Waals surface area contributed by atoms with Crippen molar-refractivity contribution >= 4 is 20.0 Å². The first-order valence-electron chi connectivity index (χ1n) is 6.83. The third kappa shape index (κ3) is 4.03. The van der Waals surface area contributed by atoms with Gasteiger partial charge in [-0.3, -0.25) is 0 Å². The van der Waals surface area contributed by atoms with Crippen LogP contribution >= 0.6 is 0 Å². The lowest BCUT2D eigenvalue weighted by Crippen LogP contribution is -2.30. The normalized spacial score (nSPS) is 23.3. The minimum absolute atomic E-state index is 0.0836. The van der Waals surface area contributed by atoms with Crippen molar-refractivity contribution in [3.63, 3.8) is 0 Å². The van der Waals surface area contributed by atoms with Crippen LogP contribution in [0.3, 0.4) is 0 Å². The lowest BCUT2D eigenvalue weighted by molar-refractivity contribution is 0.414. The molecule has 0 saturated heterocycles. The Morgan fingerprint density at radius 2 is 1.86 bits per heavy atom. The largest absolute Gasteiger partial charge is 0.240 e. The molecule has 21 heavy (non-hydrogen) atoms. The van der Waals surface area contributed by atoms with E-state index in [-0.39, 0.29) is 9.79 Å². The van der Waals surface area contributed by atoms with Gasteiger partial charge in [0.05, 0.1) is 9.79 Å². The average molecular weight is 332 g/mol. The van der Waals surface area contributed by atoms with E-state index >= 15 is 0 Å². The first-order valence-corrected chi connectivity index (χ1v) is 9.85. The van der Waals surface area contributed by atoms with E-state index < -0.39 is 20.0 Å². The van der Waals surface area contributed by atoms with Crippen molar-refractivity contribution in [1.29, 1.82) is 0 Å². The summed E-state index contributed by atoms with van der Waals surface area (Å²) in [6, 6.07) is 5.07. The molecular weight excluding hydrogens is 312 g/mol. The number of sulfonamides is 2. The molecule has 6 nitrogen and oxygen atoms in total. The molecule has 1 aromatic carbocycles. The molecule has 0 amide bonds. The van der Waals surface area contributed by atoms with Crippen LogP contribution in [0.2, 0.25) is 0 Å². The van der Waals surface area contributed by atoms with Crippen molar-refractivity contribution < 1.29 is 16.8 Å². The summed E-state index contributed by atoms with van der Waals surface area (Å²) in [6.07, 6.45) is 3.25. The summed E-state index contributed by atoms with van der Waals surface area (Å²) in [5.74, 6) is 0.838. The van der Waals surface area contributed by atoms with Gasteiger partial charge in [0.2, 0.25) is 20.0 Å². The van der Waals surface area contributed by atoms with Gasteiger partial charge in [-0.2, -0.15) is 0 Å². The fraction of sp³-hybridized carbons (Fsp3) is 0.538. The maximum Gasteiger partial charge on any atom is 0.240 e. The van der Waals surface area contributed by atoms with Gasteiger partial charge in [0.25, 0.3) is 0 Å². The summed E-state index contributed by atoms with van der Waals surface area (Å²) in [4.78, 5) is -0.292. The molecule has 0 aliphatic heterocycles. The first kappa shape index (κ1) is 16.4. The number of hydrogen-bond donors (Lipinski definition) is 2. The Labute approximate surface area is 125 Å². The Balaban J connectivity index is 2.16. The summed E-state index contributed by atoms with van der Waals surface area (Å²) in [5.41, 5.74) is 0. The highest BCUT2D eigenvalue weighted by atomic mass is 32.2. The van der Waals surface area contributed by atoms with Crippen LogP contribution in [-0.2, 0) is 20.0 Å². The summed E-state index contributed by atoms with van der Waals surface area (Å²) in [6.45, 7) is 2.50. The third-order valence-electron chi connectivity index (χ3n) is 4.02. The molecule has 0 bridgehead atoms. The van der Waals surface area contributed by atoms with Crippen LogP contribution in [0.1, 0.15) is 26.2 Å². The summed E-state index contributed by atoms with van der Waals surface area (Å²) < 4.78 is 49.6. The summed E-state index contributed by atoms with van der Waals surface area (Å²) in [5, 5.41) is 5.02. The van der Waals surface area contributed by atoms with Gasteiger partial charge < -0.3 is 0 Å². The summed E-state index contributed by atoms with van der Waals surface area (Å²) >= 11 is 0. The number of benzene rings is 1. The third-order valence-corrected chi connectivity index (χ3v) is 6.35. The Morgan fingerprint density at radius 1 is 1.19 bits per heavy atom. The molecule has 0 radical (unpaired) electrons. The van der Waals surface area contributed by atoms with E-state index in [2.05, 4.69) is 11.6 Å². The van der Waals surface area contributed by atoms with Crippen molar-refractivity contribution in [1.82, 2.24) is 4.72 Å². The van der Waals surface area contributed by atoms with Crippen LogP contribution in [0.5, 0.6) is 0 Å². The molecule has 1 aromatic rings. The number of rotatable bonds is 5. The van der Waals surface area contributed by atoms with E-state index in [0.717, 1.165) is 25.3 Å². The number of nitrogens with two attached hydrogens (primary N) is 1. The SMILES string of the molecule is CC1CCCC1CNS(=O)(=O)c1cccc(S(N)(=O)=O)c1. The van der Waals surface area contributed by atoms with E-state index in [1.807, 2.05) is 0 Å². The second-order valence-corrected chi connectivity index (χ2v) is 8.87. The molecule has 2 unspecified atom stereocenters. The topological polar surface area (TPSA) is 106 Å². The maximum atomic E-state index is 12.2. The van der Waals surface area contributed by atoms with E-state index in [9.17, 15) is 16.8 Å². The van der Waals surface area contributed by atoms with Crippen molar-refractivity contribution in [2.45, 2.75) is 36.0 Å². The van der Waals surface area contributed by atoms with E-state index in [1.165, 1.54) is 18.2 Å². The lowest BCUT2D eigenvalue weighted by Gasteiger charge is -2.16. The highest BCUT2D eigenvalue weighted by molar-refractivity contribution is 7.90. The monoisotopic (exact) mass is 332 g/mol. The van der Waals surface area contributed by atoms with E-state index in [1.54, 1.807) is 0 Å². The standard InChI is InChI=1S/C13H20N2O4S2/c1-10-4-2-5-11(10)9-15-21(18,19)13-7-3-6-12(8-13)20(14,16)17/h3,6-8,10-11,15H,2,4-5,9H2,1H3,(H2,14,16,17). The Morgan fingerprint density at radius 3 is 2.43 bits per heavy atom. The zero-order valence-corrected chi connectivity index (χ0v) is 13.5. The van der Waals surface area contributed by atoms with Gasteiger partial charge in [-0.25, -0.2) is 26.7 Å². The molecule has 1 fully saturated rings. The Hall–Kier alpha value is -0.960. The zero-order valence-electron chi connectivity index (χ0n) is 11.8. The number of hydrogen-bond acceptors (Lipinski definition) is 4. The molecule has 2 rings (SSSR count). The van der Waals surface area contributed by atoms with Crippen molar-refractivity contribution in [2.24, 2.45) is 17.0 Å². The minimum Gasteiger partial charge on any atom is -0.225 e. The van der Waals surface area contributed by atoms with E-state index in [0.29, 0.717) is 18.4 Å². The smallest absolute Gasteiger partial charge is 0.225 e. The molecule has 0 aromatic heterocycles.